The van der Waals surface area contributed by atoms with Crippen LogP contribution in [-0.4, -0.2) is 47.7 Å². The first-order valence-electron chi connectivity index (χ1n) is 13.7. The molecule has 0 saturated heterocycles. The van der Waals surface area contributed by atoms with Gasteiger partial charge in [0.2, 0.25) is 11.8 Å². The maximum atomic E-state index is 13.4. The molecule has 2 amide bonds. The Morgan fingerprint density at radius 1 is 1.11 bits per heavy atom. The van der Waals surface area contributed by atoms with Crippen LogP contribution in [0.2, 0.25) is 0 Å². The summed E-state index contributed by atoms with van der Waals surface area (Å²) in [5, 5.41) is 16.0. The Morgan fingerprint density at radius 3 is 2.46 bits per heavy atom. The second kappa shape index (κ2) is 13.2. The van der Waals surface area contributed by atoms with Crippen LogP contribution in [0.25, 0.3) is 0 Å². The highest BCUT2D eigenvalue weighted by Gasteiger charge is 2.36. The summed E-state index contributed by atoms with van der Waals surface area (Å²) >= 11 is 0. The first-order valence-corrected chi connectivity index (χ1v) is 13.7. The molecule has 1 aromatic carbocycles. The summed E-state index contributed by atoms with van der Waals surface area (Å²) in [4.78, 5) is 39.4. The van der Waals surface area contributed by atoms with Crippen LogP contribution >= 0.6 is 0 Å². The Balaban J connectivity index is 1.74. The van der Waals surface area contributed by atoms with E-state index in [1.807, 2.05) is 63.3 Å². The number of nitrogens with one attached hydrogen (secondary N) is 2. The van der Waals surface area contributed by atoms with Gasteiger partial charge >= 0.3 is 5.97 Å². The number of ether oxygens (including phenoxy) is 1. The maximum absolute atomic E-state index is 13.4. The van der Waals surface area contributed by atoms with Crippen LogP contribution in [0.4, 0.5) is 0 Å². The number of carbonyl (C=O) groups is 3. The highest BCUT2D eigenvalue weighted by atomic mass is 16.5. The number of hydrogen-bond acceptors (Lipinski definition) is 5. The van der Waals surface area contributed by atoms with E-state index in [1.165, 1.54) is 0 Å². The molecule has 3 rings (SSSR count). The third-order valence-corrected chi connectivity index (χ3v) is 7.75. The van der Waals surface area contributed by atoms with Crippen molar-refractivity contribution in [3.05, 3.63) is 48.0 Å². The molecular formula is C30H44N2O5. The number of allylic oxidation sites excluding steroid dienone is 2. The first kappa shape index (κ1) is 28.9. The molecule has 37 heavy (non-hydrogen) atoms. The summed E-state index contributed by atoms with van der Waals surface area (Å²) in [6.45, 7) is 5.99. The van der Waals surface area contributed by atoms with E-state index >= 15 is 0 Å². The number of rotatable bonds is 6. The molecule has 0 aromatic heterocycles. The molecule has 3 N–H and O–H groups in total. The number of aliphatic hydroxyl groups is 1. The van der Waals surface area contributed by atoms with E-state index in [0.29, 0.717) is 25.7 Å². The Hall–Kier alpha value is -2.67. The topological polar surface area (TPSA) is 105 Å². The molecule has 204 valence electrons. The van der Waals surface area contributed by atoms with Crippen LogP contribution in [0.15, 0.2) is 42.5 Å². The number of carbonyl (C=O) groups excluding carboxylic acids is 3. The lowest BCUT2D eigenvalue weighted by molar-refractivity contribution is -0.151. The van der Waals surface area contributed by atoms with E-state index in [9.17, 15) is 19.5 Å². The minimum atomic E-state index is -0.567. The molecule has 7 nitrogen and oxygen atoms in total. The number of cyclic esters (lactones) is 1. The summed E-state index contributed by atoms with van der Waals surface area (Å²) in [6.07, 6.45) is 9.83. The molecule has 0 radical (unpaired) electrons. The van der Waals surface area contributed by atoms with Crippen LogP contribution in [0.3, 0.4) is 0 Å². The summed E-state index contributed by atoms with van der Waals surface area (Å²) in [5.74, 6) is -1.50. The minimum Gasteiger partial charge on any atom is -0.463 e. The van der Waals surface area contributed by atoms with Crippen molar-refractivity contribution in [1.82, 2.24) is 10.6 Å². The van der Waals surface area contributed by atoms with E-state index in [-0.39, 0.29) is 48.8 Å². The molecule has 7 heteroatoms. The number of benzene rings is 1. The number of esters is 1. The molecular weight excluding hydrogens is 468 g/mol. The zero-order valence-electron chi connectivity index (χ0n) is 22.6. The summed E-state index contributed by atoms with van der Waals surface area (Å²) < 4.78 is 5.78. The molecule has 1 saturated carbocycles. The van der Waals surface area contributed by atoms with Gasteiger partial charge in [0.05, 0.1) is 30.0 Å². The lowest BCUT2D eigenvalue weighted by atomic mass is 9.86. The Labute approximate surface area is 221 Å². The van der Waals surface area contributed by atoms with Crippen LogP contribution in [0, 0.1) is 17.3 Å². The Morgan fingerprint density at radius 2 is 1.81 bits per heavy atom. The molecule has 0 spiro atoms. The van der Waals surface area contributed by atoms with Crippen LogP contribution in [-0.2, 0) is 25.5 Å². The smallest absolute Gasteiger partial charge is 0.309 e. The monoisotopic (exact) mass is 512 g/mol. The fourth-order valence-corrected chi connectivity index (χ4v) is 5.19. The van der Waals surface area contributed by atoms with Crippen molar-refractivity contribution < 1.29 is 24.2 Å². The van der Waals surface area contributed by atoms with Crippen LogP contribution in [0.1, 0.15) is 77.7 Å². The Bertz CT molecular complexity index is 931. The predicted octanol–water partition coefficient (Wildman–Crippen LogP) is 4.09. The molecule has 3 atom stereocenters. The van der Waals surface area contributed by atoms with Gasteiger partial charge in [0.1, 0.15) is 6.61 Å². The van der Waals surface area contributed by atoms with Crippen molar-refractivity contribution in [2.24, 2.45) is 17.3 Å². The quantitative estimate of drug-likeness (QED) is 0.393. The van der Waals surface area contributed by atoms with Crippen molar-refractivity contribution in [3.8, 4) is 0 Å². The molecule has 1 fully saturated rings. The first-order chi connectivity index (χ1) is 17.6. The van der Waals surface area contributed by atoms with Crippen molar-refractivity contribution in [1.29, 1.82) is 0 Å². The van der Waals surface area contributed by atoms with Gasteiger partial charge in [-0.25, -0.2) is 0 Å². The van der Waals surface area contributed by atoms with E-state index in [4.69, 9.17) is 4.74 Å². The van der Waals surface area contributed by atoms with E-state index in [0.717, 1.165) is 31.2 Å². The average molecular weight is 513 g/mol. The second-order valence-corrected chi connectivity index (χ2v) is 11.8. The van der Waals surface area contributed by atoms with Crippen molar-refractivity contribution in [2.45, 2.75) is 90.1 Å². The number of hydrogen-bond donors (Lipinski definition) is 3. The second-order valence-electron chi connectivity index (χ2n) is 11.8. The van der Waals surface area contributed by atoms with Gasteiger partial charge in [-0.1, -0.05) is 76.1 Å². The molecule has 3 unspecified atom stereocenters. The molecule has 1 heterocycles. The number of aliphatic hydroxyl groups excluding tert-OH is 1. The van der Waals surface area contributed by atoms with Gasteiger partial charge in [-0.3, -0.25) is 14.4 Å². The molecule has 2 aliphatic rings. The van der Waals surface area contributed by atoms with Gasteiger partial charge in [-0.05, 0) is 49.5 Å². The Kier molecular flexibility index (Phi) is 10.3. The zero-order valence-corrected chi connectivity index (χ0v) is 22.6. The SMILES string of the molecule is CC(C)(C)C1COC(=O)C(Cc2ccccc2)CCC=CCC(CC(=O)NC2(CO)CCCC2)C(=O)N1. The lowest BCUT2D eigenvalue weighted by Crippen LogP contribution is -2.52. The highest BCUT2D eigenvalue weighted by molar-refractivity contribution is 5.86. The largest absolute Gasteiger partial charge is 0.463 e. The molecule has 1 aliphatic carbocycles. The van der Waals surface area contributed by atoms with Gasteiger partial charge in [-0.15, -0.1) is 0 Å². The van der Waals surface area contributed by atoms with Gasteiger partial charge in [0.25, 0.3) is 0 Å². The summed E-state index contributed by atoms with van der Waals surface area (Å²) in [6, 6.07) is 9.54. The van der Waals surface area contributed by atoms with Gasteiger partial charge in [0, 0.05) is 6.42 Å². The van der Waals surface area contributed by atoms with Crippen LogP contribution in [0.5, 0.6) is 0 Å². The van der Waals surface area contributed by atoms with Crippen molar-refractivity contribution >= 4 is 17.8 Å². The van der Waals surface area contributed by atoms with E-state index in [2.05, 4.69) is 10.6 Å². The highest BCUT2D eigenvalue weighted by Crippen LogP contribution is 2.30. The minimum absolute atomic E-state index is 0.0468. The predicted molar refractivity (Wildman–Crippen MR) is 144 cm³/mol. The lowest BCUT2D eigenvalue weighted by Gasteiger charge is -2.33. The molecule has 1 aliphatic heterocycles. The maximum Gasteiger partial charge on any atom is 0.309 e. The summed E-state index contributed by atoms with van der Waals surface area (Å²) in [7, 11) is 0. The standard InChI is InChI=1S/C30H44N2O5/c1-29(2,3)25-20-37-28(36)24(18-22-12-6-4-7-13-22)15-9-5-8-14-23(27(35)31-25)19-26(34)32-30(21-33)16-10-11-17-30/h4-8,12-13,23-25,33H,9-11,14-21H2,1-3H3,(H,31,35)(H,32,34). The number of amides is 2. The van der Waals surface area contributed by atoms with Crippen molar-refractivity contribution in [3.63, 3.8) is 0 Å². The fraction of sp³-hybridized carbons (Fsp3) is 0.633. The summed E-state index contributed by atoms with van der Waals surface area (Å²) in [5.41, 5.74) is 0.175. The normalized spacial score (nSPS) is 25.2. The van der Waals surface area contributed by atoms with Crippen LogP contribution < -0.4 is 10.6 Å². The average Bonchev–Trinajstić information content (AvgIpc) is 3.32. The van der Waals surface area contributed by atoms with Crippen molar-refractivity contribution in [2.75, 3.05) is 13.2 Å². The van der Waals surface area contributed by atoms with E-state index in [1.54, 1.807) is 0 Å². The third-order valence-electron chi connectivity index (χ3n) is 7.75. The van der Waals surface area contributed by atoms with Gasteiger partial charge < -0.3 is 20.5 Å². The van der Waals surface area contributed by atoms with Gasteiger partial charge in [0.15, 0.2) is 0 Å². The third kappa shape index (κ3) is 8.70. The zero-order chi connectivity index (χ0) is 26.9. The molecule has 0 bridgehead atoms. The van der Waals surface area contributed by atoms with Gasteiger partial charge in [-0.2, -0.15) is 0 Å². The fourth-order valence-electron chi connectivity index (χ4n) is 5.19. The molecule has 1 aromatic rings. The van der Waals surface area contributed by atoms with E-state index < -0.39 is 17.5 Å².